The van der Waals surface area contributed by atoms with E-state index in [2.05, 4.69) is 10.6 Å². The number of carboxylic acid groups (broad SMARTS) is 3. The Morgan fingerprint density at radius 2 is 1.06 bits per heavy atom. The van der Waals surface area contributed by atoms with Crippen LogP contribution in [0.15, 0.2) is 78.9 Å². The zero-order valence-electron chi connectivity index (χ0n) is 25.4. The zero-order chi connectivity index (χ0) is 34.3. The molecule has 0 radical (unpaired) electrons. The minimum Gasteiger partial charge on any atom is -0.488 e. The number of ether oxygens (including phenoxy) is 2. The van der Waals surface area contributed by atoms with Crippen LogP contribution in [0.5, 0.6) is 11.5 Å². The van der Waals surface area contributed by atoms with E-state index >= 15 is 0 Å². The number of carboxylic acids is 3. The summed E-state index contributed by atoms with van der Waals surface area (Å²) in [5.74, 6) is -4.97. The van der Waals surface area contributed by atoms with E-state index in [1.54, 1.807) is 67.6 Å². The van der Waals surface area contributed by atoms with Gasteiger partial charge < -0.3 is 50.3 Å². The van der Waals surface area contributed by atoms with Crippen molar-refractivity contribution >= 4 is 41.1 Å². The predicted octanol–water partition coefficient (Wildman–Crippen LogP) is 1.32. The van der Waals surface area contributed by atoms with Crippen LogP contribution >= 0.6 is 0 Å². The molecule has 0 spiro atoms. The minimum atomic E-state index is -1.89. The van der Waals surface area contributed by atoms with Gasteiger partial charge in [0.05, 0.1) is 24.0 Å². The van der Waals surface area contributed by atoms with Crippen molar-refractivity contribution in [2.75, 3.05) is 49.2 Å². The van der Waals surface area contributed by atoms with Gasteiger partial charge in [0, 0.05) is 0 Å². The molecule has 3 aromatic carbocycles. The van der Waals surface area contributed by atoms with Crippen molar-refractivity contribution in [2.24, 2.45) is 0 Å². The molecule has 47 heavy (non-hydrogen) atoms. The largest absolute Gasteiger partial charge is 0.488 e. The third kappa shape index (κ3) is 11.6. The van der Waals surface area contributed by atoms with Gasteiger partial charge in [-0.05, 0) is 36.8 Å². The molecule has 0 fully saturated rings. The van der Waals surface area contributed by atoms with E-state index in [9.17, 15) is 44.4 Å². The number of nitrogens with zero attached hydrogens (tertiary/aromatic N) is 2. The number of amides is 2. The summed E-state index contributed by atoms with van der Waals surface area (Å²) in [6.07, 6.45) is -1.89. The van der Waals surface area contributed by atoms with Crippen molar-refractivity contribution in [1.82, 2.24) is 10.6 Å². The lowest BCUT2D eigenvalue weighted by molar-refractivity contribution is -0.137. The Bertz CT molecular complexity index is 1520. The van der Waals surface area contributed by atoms with Crippen LogP contribution in [0.2, 0.25) is 0 Å². The fourth-order valence-electron chi connectivity index (χ4n) is 4.48. The number of aliphatic carboxylic acids is 3. The van der Waals surface area contributed by atoms with E-state index in [-0.39, 0.29) is 36.1 Å². The molecule has 0 bridgehead atoms. The average Bonchev–Trinajstić information content (AvgIpc) is 3.02. The maximum Gasteiger partial charge on any atom is 0.323 e. The summed E-state index contributed by atoms with van der Waals surface area (Å²) < 4.78 is 11.6. The SMILES string of the molecule is CC(NC(=O)C(O)NC(=O)CN(CC(=O)O)c1ccccc1OCCOc1ccccc1N(CC(=O)O)CC(=O)O)c1ccccc1. The number of aliphatic hydroxyl groups excluding tert-OH is 1. The van der Waals surface area contributed by atoms with Gasteiger partial charge in [-0.3, -0.25) is 24.0 Å². The average molecular weight is 653 g/mol. The molecule has 15 nitrogen and oxygen atoms in total. The molecule has 6 N–H and O–H groups in total. The van der Waals surface area contributed by atoms with Crippen LogP contribution in [0.25, 0.3) is 0 Å². The first-order valence-corrected chi connectivity index (χ1v) is 14.4. The number of carbonyl (C=O) groups is 5. The Balaban J connectivity index is 1.64. The summed E-state index contributed by atoms with van der Waals surface area (Å²) in [4.78, 5) is 61.9. The highest BCUT2D eigenvalue weighted by Crippen LogP contribution is 2.30. The lowest BCUT2D eigenvalue weighted by atomic mass is 10.1. The highest BCUT2D eigenvalue weighted by atomic mass is 16.5. The molecule has 0 aliphatic heterocycles. The normalized spacial score (nSPS) is 11.8. The molecule has 2 amide bonds. The van der Waals surface area contributed by atoms with Gasteiger partial charge in [-0.15, -0.1) is 0 Å². The lowest BCUT2D eigenvalue weighted by Gasteiger charge is -2.26. The summed E-state index contributed by atoms with van der Waals surface area (Å²) in [7, 11) is 0. The molecule has 0 aliphatic carbocycles. The Morgan fingerprint density at radius 1 is 0.638 bits per heavy atom. The second kappa shape index (κ2) is 17.6. The number of carbonyl (C=O) groups excluding carboxylic acids is 2. The number of aliphatic hydroxyl groups is 1. The molecule has 3 aromatic rings. The summed E-state index contributed by atoms with van der Waals surface area (Å²) in [5.41, 5.74) is 1.27. The monoisotopic (exact) mass is 652 g/mol. The van der Waals surface area contributed by atoms with Crippen LogP contribution in [0.3, 0.4) is 0 Å². The molecular weight excluding hydrogens is 616 g/mol. The first-order chi connectivity index (χ1) is 22.4. The number of benzene rings is 3. The number of nitrogens with one attached hydrogen (secondary N) is 2. The van der Waals surface area contributed by atoms with E-state index in [0.29, 0.717) is 0 Å². The summed E-state index contributed by atoms with van der Waals surface area (Å²) >= 11 is 0. The van der Waals surface area contributed by atoms with Crippen LogP contribution in [0, 0.1) is 0 Å². The second-order valence-electron chi connectivity index (χ2n) is 10.1. The Kier molecular flexibility index (Phi) is 13.4. The second-order valence-corrected chi connectivity index (χ2v) is 10.1. The van der Waals surface area contributed by atoms with Crippen molar-refractivity contribution in [1.29, 1.82) is 0 Å². The Hall–Kier alpha value is -5.83. The van der Waals surface area contributed by atoms with Gasteiger partial charge in [-0.25, -0.2) is 0 Å². The first-order valence-electron chi connectivity index (χ1n) is 14.4. The molecular formula is C32H36N4O11. The van der Waals surface area contributed by atoms with Crippen molar-refractivity contribution in [2.45, 2.75) is 19.2 Å². The van der Waals surface area contributed by atoms with Gasteiger partial charge in [-0.2, -0.15) is 0 Å². The minimum absolute atomic E-state index is 0.0680. The van der Waals surface area contributed by atoms with E-state index < -0.39 is 68.2 Å². The number of hydrogen-bond donors (Lipinski definition) is 6. The van der Waals surface area contributed by atoms with Crippen LogP contribution in [0.4, 0.5) is 11.4 Å². The fraction of sp³-hybridized carbons (Fsp3) is 0.281. The van der Waals surface area contributed by atoms with Crippen molar-refractivity contribution in [3.8, 4) is 11.5 Å². The molecule has 250 valence electrons. The van der Waals surface area contributed by atoms with E-state index in [1.165, 1.54) is 17.0 Å². The molecule has 0 saturated carbocycles. The number of anilines is 2. The number of hydrogen-bond acceptors (Lipinski definition) is 10. The molecule has 0 aromatic heterocycles. The fourth-order valence-corrected chi connectivity index (χ4v) is 4.48. The molecule has 0 heterocycles. The predicted molar refractivity (Wildman–Crippen MR) is 168 cm³/mol. The van der Waals surface area contributed by atoms with Crippen LogP contribution in [-0.4, -0.2) is 95.8 Å². The molecule has 15 heteroatoms. The van der Waals surface area contributed by atoms with Gasteiger partial charge in [0.15, 0.2) is 0 Å². The molecule has 3 rings (SSSR count). The summed E-state index contributed by atoms with van der Waals surface area (Å²) in [6.45, 7) is -0.733. The van der Waals surface area contributed by atoms with Crippen LogP contribution in [0.1, 0.15) is 18.5 Å². The standard InChI is InChI=1S/C32H36N4O11/c1-21(22-9-3-2-4-10-22)33-31(44)32(45)34-27(37)17-35(18-28(38)39)23-11-5-7-13-25(23)46-15-16-47-26-14-8-6-12-24(26)36(19-29(40)41)20-30(42)43/h2-14,21,32,45H,15-20H2,1H3,(H,33,44)(H,34,37)(H,38,39)(H,40,41)(H,42,43). The molecule has 2 atom stereocenters. The first kappa shape index (κ1) is 35.6. The van der Waals surface area contributed by atoms with Crippen LogP contribution in [-0.2, 0) is 24.0 Å². The van der Waals surface area contributed by atoms with Gasteiger partial charge in [0.2, 0.25) is 12.1 Å². The molecule has 2 unspecified atom stereocenters. The van der Waals surface area contributed by atoms with Crippen LogP contribution < -0.4 is 29.9 Å². The third-order valence-corrected chi connectivity index (χ3v) is 6.53. The smallest absolute Gasteiger partial charge is 0.323 e. The number of para-hydroxylation sites is 4. The van der Waals surface area contributed by atoms with Crippen molar-refractivity contribution in [3.05, 3.63) is 84.4 Å². The maximum absolute atomic E-state index is 12.8. The highest BCUT2D eigenvalue weighted by molar-refractivity contribution is 5.90. The topological polar surface area (TPSA) is 215 Å². The Labute approximate surface area is 269 Å². The van der Waals surface area contributed by atoms with Gasteiger partial charge >= 0.3 is 17.9 Å². The van der Waals surface area contributed by atoms with Gasteiger partial charge in [-0.1, -0.05) is 54.6 Å². The van der Waals surface area contributed by atoms with E-state index in [0.717, 1.165) is 10.5 Å². The zero-order valence-corrected chi connectivity index (χ0v) is 25.4. The number of rotatable bonds is 19. The van der Waals surface area contributed by atoms with Crippen molar-refractivity contribution < 1.29 is 53.9 Å². The Morgan fingerprint density at radius 3 is 1.53 bits per heavy atom. The summed E-state index contributed by atoms with van der Waals surface area (Å²) in [5, 5.41) is 43.0. The van der Waals surface area contributed by atoms with Crippen molar-refractivity contribution in [3.63, 3.8) is 0 Å². The van der Waals surface area contributed by atoms with E-state index in [1.807, 2.05) is 6.07 Å². The van der Waals surface area contributed by atoms with E-state index in [4.69, 9.17) is 9.47 Å². The summed E-state index contributed by atoms with van der Waals surface area (Å²) in [6, 6.07) is 21.2. The van der Waals surface area contributed by atoms with Gasteiger partial charge in [0.1, 0.15) is 44.3 Å². The highest BCUT2D eigenvalue weighted by Gasteiger charge is 2.24. The van der Waals surface area contributed by atoms with Gasteiger partial charge in [0.25, 0.3) is 5.91 Å². The molecule has 0 saturated heterocycles. The molecule has 0 aliphatic rings. The lowest BCUT2D eigenvalue weighted by Crippen LogP contribution is -2.50. The maximum atomic E-state index is 12.8. The third-order valence-electron chi connectivity index (χ3n) is 6.53. The quantitative estimate of drug-likeness (QED) is 0.0797.